The molecule has 1 aromatic rings. The molecule has 3 nitrogen and oxygen atoms in total. The van der Waals surface area contributed by atoms with E-state index in [9.17, 15) is 4.79 Å². The highest BCUT2D eigenvalue weighted by molar-refractivity contribution is 5.73. The zero-order chi connectivity index (χ0) is 13.5. The first-order chi connectivity index (χ1) is 8.52. The van der Waals surface area contributed by atoms with Crippen molar-refractivity contribution < 1.29 is 9.90 Å². The lowest BCUT2D eigenvalue weighted by molar-refractivity contribution is -0.139. The van der Waals surface area contributed by atoms with E-state index < -0.39 is 12.0 Å². The maximum absolute atomic E-state index is 10.0. The Balaban J connectivity index is 0.000000187. The first-order valence-corrected chi connectivity index (χ1v) is 6.57. The molecule has 0 amide bonds. The molecular formula is C15H23NO2. The van der Waals surface area contributed by atoms with Gasteiger partial charge in [0.2, 0.25) is 0 Å². The SMILES string of the molecule is CC(C)[C@H](N)C(=O)O.c1ccc2c(c1)CCCC2. The minimum absolute atomic E-state index is 0.0208. The standard InChI is InChI=1S/C10H12.C5H11NO2/c1-2-6-10-8-4-3-7-9(10)5-1;1-3(2)4(6)5(7)8/h1-2,5-6H,3-4,7-8H2;3-4H,6H2,1-2H3,(H,7,8)/t;4-/m.0/s1. The highest BCUT2D eigenvalue weighted by atomic mass is 16.4. The summed E-state index contributed by atoms with van der Waals surface area (Å²) in [5, 5.41) is 8.23. The minimum Gasteiger partial charge on any atom is -0.480 e. The second kappa shape index (κ2) is 7.17. The summed E-state index contributed by atoms with van der Waals surface area (Å²) in [6.07, 6.45) is 5.38. The molecule has 100 valence electrons. The van der Waals surface area contributed by atoms with Crippen LogP contribution in [0, 0.1) is 5.92 Å². The number of benzene rings is 1. The van der Waals surface area contributed by atoms with Gasteiger partial charge in [0, 0.05) is 0 Å². The molecule has 0 spiro atoms. The Bertz CT molecular complexity index is 363. The number of carboxylic acids is 1. The van der Waals surface area contributed by atoms with Crippen molar-refractivity contribution in [2.45, 2.75) is 45.6 Å². The highest BCUT2D eigenvalue weighted by Gasteiger charge is 2.14. The number of carboxylic acid groups (broad SMARTS) is 1. The van der Waals surface area contributed by atoms with Gasteiger partial charge in [-0.3, -0.25) is 4.79 Å². The predicted molar refractivity (Wildman–Crippen MR) is 73.5 cm³/mol. The Labute approximate surface area is 109 Å². The molecule has 3 N–H and O–H groups in total. The molecule has 0 radical (unpaired) electrons. The molecule has 0 aromatic heterocycles. The summed E-state index contributed by atoms with van der Waals surface area (Å²) >= 11 is 0. The molecular weight excluding hydrogens is 226 g/mol. The molecule has 1 aliphatic rings. The molecule has 0 heterocycles. The van der Waals surface area contributed by atoms with Crippen LogP contribution in [0.15, 0.2) is 24.3 Å². The molecule has 0 bridgehead atoms. The van der Waals surface area contributed by atoms with Crippen molar-refractivity contribution in [1.82, 2.24) is 0 Å². The van der Waals surface area contributed by atoms with Crippen LogP contribution in [0.4, 0.5) is 0 Å². The molecule has 1 aliphatic carbocycles. The van der Waals surface area contributed by atoms with Gasteiger partial charge < -0.3 is 10.8 Å². The average Bonchev–Trinajstić information content (AvgIpc) is 2.38. The topological polar surface area (TPSA) is 63.3 Å². The molecule has 2 rings (SSSR count). The number of nitrogens with two attached hydrogens (primary N) is 1. The summed E-state index contributed by atoms with van der Waals surface area (Å²) in [6.45, 7) is 3.55. The van der Waals surface area contributed by atoms with E-state index in [0.717, 1.165) is 0 Å². The fourth-order valence-corrected chi connectivity index (χ4v) is 1.96. The molecule has 3 heteroatoms. The number of aliphatic carboxylic acids is 1. The van der Waals surface area contributed by atoms with Crippen LogP contribution in [-0.4, -0.2) is 17.1 Å². The van der Waals surface area contributed by atoms with Crippen molar-refractivity contribution in [3.63, 3.8) is 0 Å². The van der Waals surface area contributed by atoms with Gasteiger partial charge in [0.1, 0.15) is 6.04 Å². The minimum atomic E-state index is -0.931. The third-order valence-corrected chi connectivity index (χ3v) is 3.26. The van der Waals surface area contributed by atoms with Crippen LogP contribution in [0.2, 0.25) is 0 Å². The van der Waals surface area contributed by atoms with Gasteiger partial charge in [0.25, 0.3) is 0 Å². The van der Waals surface area contributed by atoms with Crippen LogP contribution in [0.1, 0.15) is 37.8 Å². The average molecular weight is 249 g/mol. The first kappa shape index (κ1) is 14.7. The molecule has 0 saturated heterocycles. The Morgan fingerprint density at radius 3 is 1.89 bits per heavy atom. The van der Waals surface area contributed by atoms with Crippen molar-refractivity contribution >= 4 is 5.97 Å². The van der Waals surface area contributed by atoms with E-state index in [1.165, 1.54) is 25.7 Å². The van der Waals surface area contributed by atoms with Crippen molar-refractivity contribution in [3.05, 3.63) is 35.4 Å². The van der Waals surface area contributed by atoms with Crippen LogP contribution in [-0.2, 0) is 17.6 Å². The maximum Gasteiger partial charge on any atom is 0.320 e. The van der Waals surface area contributed by atoms with Gasteiger partial charge in [-0.15, -0.1) is 0 Å². The van der Waals surface area contributed by atoms with Gasteiger partial charge >= 0.3 is 5.97 Å². The van der Waals surface area contributed by atoms with Gasteiger partial charge in [-0.25, -0.2) is 0 Å². The molecule has 1 atom stereocenters. The largest absolute Gasteiger partial charge is 0.480 e. The van der Waals surface area contributed by atoms with Crippen LogP contribution in [0.3, 0.4) is 0 Å². The van der Waals surface area contributed by atoms with Gasteiger partial charge in [-0.1, -0.05) is 38.1 Å². The molecule has 18 heavy (non-hydrogen) atoms. The van der Waals surface area contributed by atoms with Crippen molar-refractivity contribution in [3.8, 4) is 0 Å². The third kappa shape index (κ3) is 4.49. The number of rotatable bonds is 2. The zero-order valence-electron chi connectivity index (χ0n) is 11.2. The predicted octanol–water partition coefficient (Wildman–Crippen LogP) is 2.62. The first-order valence-electron chi connectivity index (χ1n) is 6.57. The van der Waals surface area contributed by atoms with Crippen LogP contribution in [0.25, 0.3) is 0 Å². The highest BCUT2D eigenvalue weighted by Crippen LogP contribution is 2.19. The second-order valence-electron chi connectivity index (χ2n) is 5.08. The summed E-state index contributed by atoms with van der Waals surface area (Å²) in [5.74, 6) is -0.910. The van der Waals surface area contributed by atoms with E-state index in [4.69, 9.17) is 10.8 Å². The molecule has 0 unspecified atom stereocenters. The maximum atomic E-state index is 10.0. The Hall–Kier alpha value is -1.35. The van der Waals surface area contributed by atoms with Gasteiger partial charge in [0.15, 0.2) is 0 Å². The molecule has 0 aliphatic heterocycles. The fourth-order valence-electron chi connectivity index (χ4n) is 1.96. The number of hydrogen-bond donors (Lipinski definition) is 2. The van der Waals surface area contributed by atoms with Crippen molar-refractivity contribution in [2.75, 3.05) is 0 Å². The second-order valence-corrected chi connectivity index (χ2v) is 5.08. The zero-order valence-corrected chi connectivity index (χ0v) is 11.2. The lowest BCUT2D eigenvalue weighted by atomic mass is 9.92. The van der Waals surface area contributed by atoms with E-state index in [2.05, 4.69) is 24.3 Å². The van der Waals surface area contributed by atoms with Crippen LogP contribution in [0.5, 0.6) is 0 Å². The van der Waals surface area contributed by atoms with Crippen LogP contribution < -0.4 is 5.73 Å². The summed E-state index contributed by atoms with van der Waals surface area (Å²) < 4.78 is 0. The summed E-state index contributed by atoms with van der Waals surface area (Å²) in [6, 6.07) is 8.09. The Morgan fingerprint density at radius 1 is 1.17 bits per heavy atom. The normalized spacial score (nSPS) is 15.3. The van der Waals surface area contributed by atoms with Gasteiger partial charge in [-0.05, 0) is 42.7 Å². The number of carbonyl (C=O) groups is 1. The van der Waals surface area contributed by atoms with Crippen molar-refractivity contribution in [1.29, 1.82) is 0 Å². The number of aryl methyl sites for hydroxylation is 2. The lowest BCUT2D eigenvalue weighted by Crippen LogP contribution is -2.34. The monoisotopic (exact) mass is 249 g/mol. The lowest BCUT2D eigenvalue weighted by Gasteiger charge is -2.13. The number of hydrogen-bond acceptors (Lipinski definition) is 2. The Morgan fingerprint density at radius 2 is 1.61 bits per heavy atom. The third-order valence-electron chi connectivity index (χ3n) is 3.26. The number of fused-ring (bicyclic) bond motifs is 1. The van der Waals surface area contributed by atoms with Gasteiger partial charge in [0.05, 0.1) is 0 Å². The fraction of sp³-hybridized carbons (Fsp3) is 0.533. The van der Waals surface area contributed by atoms with Gasteiger partial charge in [-0.2, -0.15) is 0 Å². The van der Waals surface area contributed by atoms with E-state index >= 15 is 0 Å². The smallest absolute Gasteiger partial charge is 0.320 e. The summed E-state index contributed by atoms with van der Waals surface area (Å²) in [7, 11) is 0. The Kier molecular flexibility index (Phi) is 5.86. The van der Waals surface area contributed by atoms with E-state index in [1.54, 1.807) is 25.0 Å². The summed E-state index contributed by atoms with van der Waals surface area (Å²) in [4.78, 5) is 10.0. The summed E-state index contributed by atoms with van der Waals surface area (Å²) in [5.41, 5.74) is 8.31. The molecule has 0 saturated carbocycles. The molecule has 0 fully saturated rings. The van der Waals surface area contributed by atoms with Crippen LogP contribution >= 0.6 is 0 Å². The van der Waals surface area contributed by atoms with E-state index in [0.29, 0.717) is 0 Å². The van der Waals surface area contributed by atoms with E-state index in [1.807, 2.05) is 0 Å². The van der Waals surface area contributed by atoms with E-state index in [-0.39, 0.29) is 5.92 Å². The molecule has 1 aromatic carbocycles. The van der Waals surface area contributed by atoms with Crippen molar-refractivity contribution in [2.24, 2.45) is 11.7 Å². The quantitative estimate of drug-likeness (QED) is 0.847.